The van der Waals surface area contributed by atoms with Gasteiger partial charge in [-0.25, -0.2) is 0 Å². The number of benzene rings is 3. The topological polar surface area (TPSA) is 23.9 Å². The summed E-state index contributed by atoms with van der Waals surface area (Å²) in [5, 5.41) is 13.0. The summed E-state index contributed by atoms with van der Waals surface area (Å²) in [5.74, 6) is 0. The van der Waals surface area contributed by atoms with Crippen molar-refractivity contribution in [2.75, 3.05) is 0 Å². The second-order valence-electron chi connectivity index (χ2n) is 4.53. The van der Waals surface area contributed by atoms with Gasteiger partial charge >= 0.3 is 0 Å². The molecule has 0 unspecified atom stereocenters. The van der Waals surface area contributed by atoms with Gasteiger partial charge in [0.1, 0.15) is 0 Å². The van der Waals surface area contributed by atoms with Gasteiger partial charge in [-0.1, -0.05) is 55.5 Å². The van der Waals surface area contributed by atoms with E-state index in [2.05, 4.69) is 42.5 Å². The van der Waals surface area contributed by atoms with Crippen LogP contribution in [0, 0.1) is 5.41 Å². The Hall–Kier alpha value is -2.15. The van der Waals surface area contributed by atoms with Gasteiger partial charge in [-0.2, -0.15) is 0 Å². The minimum atomic E-state index is 0.711. The van der Waals surface area contributed by atoms with Crippen LogP contribution in [0.2, 0.25) is 0 Å². The largest absolute Gasteiger partial charge is 0.305 e. The summed E-state index contributed by atoms with van der Waals surface area (Å²) >= 11 is 0. The summed E-state index contributed by atoms with van der Waals surface area (Å²) in [6.07, 6.45) is 0.762. The van der Waals surface area contributed by atoms with E-state index in [4.69, 9.17) is 5.41 Å². The summed E-state index contributed by atoms with van der Waals surface area (Å²) < 4.78 is 0. The van der Waals surface area contributed by atoms with Crippen molar-refractivity contribution in [3.8, 4) is 0 Å². The predicted octanol–water partition coefficient (Wildman–Crippen LogP) is 4.77. The molecular formula is C17H15N. The molecule has 1 heteroatoms. The van der Waals surface area contributed by atoms with E-state index in [1.54, 1.807) is 0 Å². The molecule has 88 valence electrons. The lowest BCUT2D eigenvalue weighted by atomic mass is 9.93. The molecule has 0 fully saturated rings. The minimum Gasteiger partial charge on any atom is -0.305 e. The molecule has 3 aromatic rings. The third-order valence-electron chi connectivity index (χ3n) is 3.43. The Morgan fingerprint density at radius 3 is 1.89 bits per heavy atom. The van der Waals surface area contributed by atoms with Gasteiger partial charge in [-0.05, 0) is 34.0 Å². The van der Waals surface area contributed by atoms with Crippen LogP contribution in [0.15, 0.2) is 54.6 Å². The second kappa shape index (κ2) is 4.26. The first-order valence-corrected chi connectivity index (χ1v) is 6.29. The molecule has 0 aliphatic heterocycles. The van der Waals surface area contributed by atoms with E-state index in [1.165, 1.54) is 21.5 Å². The van der Waals surface area contributed by atoms with E-state index in [-0.39, 0.29) is 0 Å². The van der Waals surface area contributed by atoms with Gasteiger partial charge < -0.3 is 5.41 Å². The molecule has 1 nitrogen and oxygen atoms in total. The van der Waals surface area contributed by atoms with Gasteiger partial charge in [0.2, 0.25) is 0 Å². The summed E-state index contributed by atoms with van der Waals surface area (Å²) in [5.41, 5.74) is 1.80. The molecule has 0 saturated heterocycles. The monoisotopic (exact) mass is 233 g/mol. The highest BCUT2D eigenvalue weighted by atomic mass is 14.4. The minimum absolute atomic E-state index is 0.711. The van der Waals surface area contributed by atoms with Crippen LogP contribution in [-0.4, -0.2) is 5.71 Å². The average molecular weight is 233 g/mol. The molecule has 0 spiro atoms. The van der Waals surface area contributed by atoms with Gasteiger partial charge in [0.05, 0.1) is 0 Å². The molecular weight excluding hydrogens is 218 g/mol. The summed E-state index contributed by atoms with van der Waals surface area (Å²) in [6, 6.07) is 18.9. The molecule has 3 aromatic carbocycles. The van der Waals surface area contributed by atoms with E-state index in [9.17, 15) is 0 Å². The first-order chi connectivity index (χ1) is 8.81. The Morgan fingerprint density at radius 2 is 1.39 bits per heavy atom. The quantitative estimate of drug-likeness (QED) is 0.487. The van der Waals surface area contributed by atoms with Crippen molar-refractivity contribution < 1.29 is 0 Å². The SMILES string of the molecule is CCC(=N)c1c2ccccc2cc2ccccc12. The third-order valence-corrected chi connectivity index (χ3v) is 3.43. The Kier molecular flexibility index (Phi) is 2.60. The zero-order valence-corrected chi connectivity index (χ0v) is 10.4. The van der Waals surface area contributed by atoms with Gasteiger partial charge in [0, 0.05) is 11.3 Å². The normalized spacial score (nSPS) is 10.9. The zero-order valence-electron chi connectivity index (χ0n) is 10.4. The Morgan fingerprint density at radius 1 is 0.889 bits per heavy atom. The van der Waals surface area contributed by atoms with Gasteiger partial charge in [0.15, 0.2) is 0 Å². The molecule has 0 aromatic heterocycles. The lowest BCUT2D eigenvalue weighted by molar-refractivity contribution is 1.25. The second-order valence-corrected chi connectivity index (χ2v) is 4.53. The van der Waals surface area contributed by atoms with Crippen LogP contribution in [-0.2, 0) is 0 Å². The molecule has 0 heterocycles. The maximum absolute atomic E-state index is 8.24. The Balaban J connectivity index is 2.53. The molecule has 0 aliphatic carbocycles. The smallest absolute Gasteiger partial charge is 0.0395 e. The Bertz CT molecular complexity index is 687. The van der Waals surface area contributed by atoms with E-state index in [1.807, 2.05) is 19.1 Å². The van der Waals surface area contributed by atoms with Crippen LogP contribution in [0.1, 0.15) is 18.9 Å². The first-order valence-electron chi connectivity index (χ1n) is 6.29. The van der Waals surface area contributed by atoms with Crippen LogP contribution < -0.4 is 0 Å². The van der Waals surface area contributed by atoms with E-state index in [0.29, 0.717) is 5.71 Å². The lowest BCUT2D eigenvalue weighted by Crippen LogP contribution is -1.99. The van der Waals surface area contributed by atoms with Gasteiger partial charge in [-0.3, -0.25) is 0 Å². The van der Waals surface area contributed by atoms with Gasteiger partial charge in [-0.15, -0.1) is 0 Å². The fraction of sp³-hybridized carbons (Fsp3) is 0.118. The number of fused-ring (bicyclic) bond motifs is 2. The fourth-order valence-corrected chi connectivity index (χ4v) is 2.52. The Labute approximate surface area is 107 Å². The number of hydrogen-bond acceptors (Lipinski definition) is 1. The van der Waals surface area contributed by atoms with Gasteiger partial charge in [0.25, 0.3) is 0 Å². The fourth-order valence-electron chi connectivity index (χ4n) is 2.52. The van der Waals surface area contributed by atoms with Crippen LogP contribution in [0.3, 0.4) is 0 Å². The van der Waals surface area contributed by atoms with Crippen LogP contribution in [0.25, 0.3) is 21.5 Å². The summed E-state index contributed by atoms with van der Waals surface area (Å²) in [6.45, 7) is 2.04. The first kappa shape index (κ1) is 11.0. The van der Waals surface area contributed by atoms with E-state index in [0.717, 1.165) is 12.0 Å². The van der Waals surface area contributed by atoms with Crippen molar-refractivity contribution in [3.05, 3.63) is 60.2 Å². The van der Waals surface area contributed by atoms with E-state index >= 15 is 0 Å². The van der Waals surface area contributed by atoms with Crippen molar-refractivity contribution in [1.82, 2.24) is 0 Å². The molecule has 0 atom stereocenters. The maximum atomic E-state index is 8.24. The third kappa shape index (κ3) is 1.60. The summed E-state index contributed by atoms with van der Waals surface area (Å²) in [7, 11) is 0. The number of hydrogen-bond donors (Lipinski definition) is 1. The molecule has 0 amide bonds. The van der Waals surface area contributed by atoms with E-state index < -0.39 is 0 Å². The van der Waals surface area contributed by atoms with Crippen molar-refractivity contribution in [1.29, 1.82) is 5.41 Å². The van der Waals surface area contributed by atoms with Crippen molar-refractivity contribution >= 4 is 27.3 Å². The molecule has 0 aliphatic rings. The van der Waals surface area contributed by atoms with Crippen molar-refractivity contribution in [2.24, 2.45) is 0 Å². The maximum Gasteiger partial charge on any atom is 0.0395 e. The number of rotatable bonds is 2. The molecule has 3 rings (SSSR count). The van der Waals surface area contributed by atoms with Crippen LogP contribution in [0.5, 0.6) is 0 Å². The summed E-state index contributed by atoms with van der Waals surface area (Å²) in [4.78, 5) is 0. The molecule has 0 bridgehead atoms. The average Bonchev–Trinajstić information content (AvgIpc) is 2.44. The molecule has 1 N–H and O–H groups in total. The van der Waals surface area contributed by atoms with Crippen molar-refractivity contribution in [2.45, 2.75) is 13.3 Å². The van der Waals surface area contributed by atoms with Crippen LogP contribution in [0.4, 0.5) is 0 Å². The standard InChI is InChI=1S/C17H15N/c1-2-16(18)17-14-9-5-3-7-12(14)11-13-8-4-6-10-15(13)17/h3-11,18H,2H2,1H3. The highest BCUT2D eigenvalue weighted by molar-refractivity contribution is 6.19. The van der Waals surface area contributed by atoms with Crippen molar-refractivity contribution in [3.63, 3.8) is 0 Å². The molecule has 0 saturated carbocycles. The molecule has 0 radical (unpaired) electrons. The van der Waals surface area contributed by atoms with Crippen LogP contribution >= 0.6 is 0 Å². The number of nitrogens with one attached hydrogen (secondary N) is 1. The lowest BCUT2D eigenvalue weighted by Gasteiger charge is -2.11. The zero-order chi connectivity index (χ0) is 12.5. The molecule has 18 heavy (non-hydrogen) atoms. The highest BCUT2D eigenvalue weighted by Crippen LogP contribution is 2.29. The highest BCUT2D eigenvalue weighted by Gasteiger charge is 2.09. The predicted molar refractivity (Wildman–Crippen MR) is 78.6 cm³/mol.